The smallest absolute Gasteiger partial charge is 0.315 e. The number of amides is 2. The Balaban J connectivity index is 2.05. The second-order valence-corrected chi connectivity index (χ2v) is 5.58. The standard InChI is InChI=1S/C14H20N2O2/c1-14(2,3)16-13(17)15-11-8-9-18-12-7-5-4-6-10(11)12/h4-7,11H,8-9H2,1-3H3,(H2,15,16,17). The van der Waals surface area contributed by atoms with Gasteiger partial charge in [-0.25, -0.2) is 4.79 Å². The van der Waals surface area contributed by atoms with Gasteiger partial charge in [0.25, 0.3) is 0 Å². The molecule has 1 aromatic rings. The van der Waals surface area contributed by atoms with Crippen molar-refractivity contribution in [2.75, 3.05) is 6.61 Å². The van der Waals surface area contributed by atoms with Crippen molar-refractivity contribution in [1.82, 2.24) is 10.6 Å². The number of ether oxygens (including phenoxy) is 1. The van der Waals surface area contributed by atoms with E-state index in [1.807, 2.05) is 45.0 Å². The Kier molecular flexibility index (Phi) is 3.45. The molecule has 4 heteroatoms. The third-order valence-corrected chi connectivity index (χ3v) is 2.75. The number of carbonyl (C=O) groups is 1. The molecule has 0 spiro atoms. The molecule has 0 fully saturated rings. The van der Waals surface area contributed by atoms with Gasteiger partial charge in [-0.3, -0.25) is 0 Å². The lowest BCUT2D eigenvalue weighted by atomic mass is 10.0. The lowest BCUT2D eigenvalue weighted by molar-refractivity contribution is 0.216. The summed E-state index contributed by atoms with van der Waals surface area (Å²) in [5.74, 6) is 0.866. The van der Waals surface area contributed by atoms with Crippen molar-refractivity contribution in [3.63, 3.8) is 0 Å². The molecule has 2 N–H and O–H groups in total. The molecular formula is C14H20N2O2. The molecule has 1 atom stereocenters. The summed E-state index contributed by atoms with van der Waals surface area (Å²) < 4.78 is 5.56. The van der Waals surface area contributed by atoms with E-state index < -0.39 is 0 Å². The molecule has 98 valence electrons. The summed E-state index contributed by atoms with van der Waals surface area (Å²) in [6.45, 7) is 6.52. The van der Waals surface area contributed by atoms with Crippen LogP contribution in [0.4, 0.5) is 4.79 Å². The molecule has 1 aliphatic heterocycles. The Labute approximate surface area is 108 Å². The normalized spacial score (nSPS) is 18.5. The molecule has 0 saturated carbocycles. The van der Waals surface area contributed by atoms with Gasteiger partial charge >= 0.3 is 6.03 Å². The van der Waals surface area contributed by atoms with Crippen LogP contribution in [-0.4, -0.2) is 18.2 Å². The molecule has 0 aromatic heterocycles. The summed E-state index contributed by atoms with van der Waals surface area (Å²) in [4.78, 5) is 11.9. The molecule has 2 amide bonds. The molecule has 0 saturated heterocycles. The highest BCUT2D eigenvalue weighted by Crippen LogP contribution is 2.31. The van der Waals surface area contributed by atoms with Crippen LogP contribution in [0, 0.1) is 0 Å². The summed E-state index contributed by atoms with van der Waals surface area (Å²) in [7, 11) is 0. The van der Waals surface area contributed by atoms with Crippen molar-refractivity contribution in [1.29, 1.82) is 0 Å². The van der Waals surface area contributed by atoms with Gasteiger partial charge < -0.3 is 15.4 Å². The van der Waals surface area contributed by atoms with E-state index in [1.165, 1.54) is 0 Å². The van der Waals surface area contributed by atoms with Gasteiger partial charge in [-0.1, -0.05) is 18.2 Å². The molecule has 1 aromatic carbocycles. The Morgan fingerprint density at radius 2 is 2.06 bits per heavy atom. The zero-order chi connectivity index (χ0) is 13.2. The third-order valence-electron chi connectivity index (χ3n) is 2.75. The predicted molar refractivity (Wildman–Crippen MR) is 70.7 cm³/mol. The van der Waals surface area contributed by atoms with Gasteiger partial charge in [-0.2, -0.15) is 0 Å². The summed E-state index contributed by atoms with van der Waals surface area (Å²) >= 11 is 0. The average molecular weight is 248 g/mol. The van der Waals surface area contributed by atoms with E-state index in [-0.39, 0.29) is 17.6 Å². The molecule has 1 aliphatic rings. The van der Waals surface area contributed by atoms with Crippen LogP contribution in [0.15, 0.2) is 24.3 Å². The van der Waals surface area contributed by atoms with Crippen LogP contribution >= 0.6 is 0 Å². The van der Waals surface area contributed by atoms with Gasteiger partial charge in [0.05, 0.1) is 12.6 Å². The van der Waals surface area contributed by atoms with E-state index in [2.05, 4.69) is 10.6 Å². The Bertz CT molecular complexity index is 438. The monoisotopic (exact) mass is 248 g/mol. The van der Waals surface area contributed by atoms with Gasteiger partial charge in [0, 0.05) is 17.5 Å². The first-order valence-corrected chi connectivity index (χ1v) is 6.26. The van der Waals surface area contributed by atoms with Gasteiger partial charge in [0.1, 0.15) is 5.75 Å². The van der Waals surface area contributed by atoms with Gasteiger partial charge in [-0.15, -0.1) is 0 Å². The number of carbonyl (C=O) groups excluding carboxylic acids is 1. The first-order valence-electron chi connectivity index (χ1n) is 6.26. The molecule has 2 rings (SSSR count). The number of urea groups is 1. The minimum atomic E-state index is -0.227. The van der Waals surface area contributed by atoms with Crippen LogP contribution < -0.4 is 15.4 Å². The summed E-state index contributed by atoms with van der Waals surface area (Å²) in [6, 6.07) is 7.73. The fraction of sp³-hybridized carbons (Fsp3) is 0.500. The molecule has 18 heavy (non-hydrogen) atoms. The number of hydrogen-bond acceptors (Lipinski definition) is 2. The third kappa shape index (κ3) is 3.15. The van der Waals surface area contributed by atoms with Crippen molar-refractivity contribution in [3.8, 4) is 5.75 Å². The number of fused-ring (bicyclic) bond motifs is 1. The van der Waals surface area contributed by atoms with Gasteiger partial charge in [-0.05, 0) is 26.8 Å². The van der Waals surface area contributed by atoms with E-state index in [9.17, 15) is 4.79 Å². The van der Waals surface area contributed by atoms with E-state index in [0.717, 1.165) is 17.7 Å². The molecule has 1 heterocycles. The van der Waals surface area contributed by atoms with Gasteiger partial charge in [0.2, 0.25) is 0 Å². The summed E-state index contributed by atoms with van der Waals surface area (Å²) in [6.07, 6.45) is 0.800. The van der Waals surface area contributed by atoms with Crippen LogP contribution in [0.3, 0.4) is 0 Å². The number of benzene rings is 1. The molecule has 0 bridgehead atoms. The number of para-hydroxylation sites is 1. The maximum absolute atomic E-state index is 11.9. The minimum Gasteiger partial charge on any atom is -0.493 e. The highest BCUT2D eigenvalue weighted by atomic mass is 16.5. The number of rotatable bonds is 1. The largest absolute Gasteiger partial charge is 0.493 e. The van der Waals surface area contributed by atoms with Crippen LogP contribution in [0.2, 0.25) is 0 Å². The van der Waals surface area contributed by atoms with Crippen LogP contribution in [0.5, 0.6) is 5.75 Å². The maximum atomic E-state index is 11.9. The van der Waals surface area contributed by atoms with E-state index in [1.54, 1.807) is 0 Å². The van der Waals surface area contributed by atoms with Crippen LogP contribution in [-0.2, 0) is 0 Å². The topological polar surface area (TPSA) is 50.4 Å². The van der Waals surface area contributed by atoms with Crippen molar-refractivity contribution >= 4 is 6.03 Å². The second kappa shape index (κ2) is 4.88. The lowest BCUT2D eigenvalue weighted by Crippen LogP contribution is -2.48. The highest BCUT2D eigenvalue weighted by Gasteiger charge is 2.23. The molecular weight excluding hydrogens is 228 g/mol. The Hall–Kier alpha value is -1.71. The fourth-order valence-electron chi connectivity index (χ4n) is 2.03. The summed E-state index contributed by atoms with van der Waals surface area (Å²) in [5, 5.41) is 5.91. The van der Waals surface area contributed by atoms with Crippen molar-refractivity contribution in [3.05, 3.63) is 29.8 Å². The molecule has 0 aliphatic carbocycles. The molecule has 4 nitrogen and oxygen atoms in total. The zero-order valence-corrected chi connectivity index (χ0v) is 11.1. The highest BCUT2D eigenvalue weighted by molar-refractivity contribution is 5.75. The van der Waals surface area contributed by atoms with Gasteiger partial charge in [0.15, 0.2) is 0 Å². The van der Waals surface area contributed by atoms with Crippen molar-refractivity contribution < 1.29 is 9.53 Å². The van der Waals surface area contributed by atoms with Crippen molar-refractivity contribution in [2.24, 2.45) is 0 Å². The number of hydrogen-bond donors (Lipinski definition) is 2. The van der Waals surface area contributed by atoms with E-state index in [0.29, 0.717) is 6.61 Å². The zero-order valence-electron chi connectivity index (χ0n) is 11.1. The first-order chi connectivity index (χ1) is 8.46. The average Bonchev–Trinajstić information content (AvgIpc) is 2.27. The van der Waals surface area contributed by atoms with Crippen LogP contribution in [0.25, 0.3) is 0 Å². The second-order valence-electron chi connectivity index (χ2n) is 5.58. The minimum absolute atomic E-state index is 0.0253. The summed E-state index contributed by atoms with van der Waals surface area (Å²) in [5.41, 5.74) is 0.821. The Morgan fingerprint density at radius 1 is 1.33 bits per heavy atom. The molecule has 1 unspecified atom stereocenters. The predicted octanol–water partition coefficient (Wildman–Crippen LogP) is 2.61. The number of nitrogens with one attached hydrogen (secondary N) is 2. The fourth-order valence-corrected chi connectivity index (χ4v) is 2.03. The SMILES string of the molecule is CC(C)(C)NC(=O)NC1CCOc2ccccc21. The maximum Gasteiger partial charge on any atom is 0.315 e. The van der Waals surface area contributed by atoms with Crippen molar-refractivity contribution in [2.45, 2.75) is 38.8 Å². The van der Waals surface area contributed by atoms with E-state index >= 15 is 0 Å². The first kappa shape index (κ1) is 12.7. The van der Waals surface area contributed by atoms with E-state index in [4.69, 9.17) is 4.74 Å². The molecule has 0 radical (unpaired) electrons. The van der Waals surface area contributed by atoms with Crippen LogP contribution in [0.1, 0.15) is 38.8 Å². The Morgan fingerprint density at radius 3 is 2.78 bits per heavy atom. The lowest BCUT2D eigenvalue weighted by Gasteiger charge is -2.28. The quantitative estimate of drug-likeness (QED) is 0.802.